The first-order chi connectivity index (χ1) is 14.4. The summed E-state index contributed by atoms with van der Waals surface area (Å²) in [7, 11) is 1.92. The number of piperidine rings is 1. The van der Waals surface area contributed by atoms with Crippen molar-refractivity contribution in [3.8, 4) is 11.3 Å². The van der Waals surface area contributed by atoms with Gasteiger partial charge in [0.05, 0.1) is 4.88 Å². The van der Waals surface area contributed by atoms with E-state index in [0.29, 0.717) is 11.6 Å². The summed E-state index contributed by atoms with van der Waals surface area (Å²) in [5.41, 5.74) is 1.88. The summed E-state index contributed by atoms with van der Waals surface area (Å²) in [4.78, 5) is 17.0. The van der Waals surface area contributed by atoms with Crippen LogP contribution in [-0.4, -0.2) is 46.8 Å². The van der Waals surface area contributed by atoms with E-state index in [1.54, 1.807) is 0 Å². The topological polar surface area (TPSA) is 50.2 Å². The van der Waals surface area contributed by atoms with Crippen LogP contribution >= 0.6 is 22.9 Å². The third kappa shape index (κ3) is 4.71. The average molecular weight is 445 g/mol. The molecule has 3 heterocycles. The van der Waals surface area contributed by atoms with E-state index < -0.39 is 0 Å². The van der Waals surface area contributed by atoms with Crippen LogP contribution in [0, 0.1) is 11.8 Å². The number of nitrogens with one attached hydrogen (secondary N) is 1. The molecule has 1 fully saturated rings. The number of hydrogen-bond donors (Lipinski definition) is 1. The molecule has 5 nitrogen and oxygen atoms in total. The number of thiophene rings is 1. The van der Waals surface area contributed by atoms with Gasteiger partial charge in [-0.05, 0) is 49.4 Å². The van der Waals surface area contributed by atoms with Crippen molar-refractivity contribution in [2.24, 2.45) is 18.9 Å². The Morgan fingerprint density at radius 3 is 2.63 bits per heavy atom. The van der Waals surface area contributed by atoms with Gasteiger partial charge in [-0.15, -0.1) is 11.3 Å². The zero-order valence-electron chi connectivity index (χ0n) is 17.8. The lowest BCUT2D eigenvalue weighted by atomic mass is 9.92. The highest BCUT2D eigenvalue weighted by Gasteiger charge is 2.21. The van der Waals surface area contributed by atoms with Crippen LogP contribution < -0.4 is 5.32 Å². The van der Waals surface area contributed by atoms with Gasteiger partial charge >= 0.3 is 0 Å². The van der Waals surface area contributed by atoms with Crippen molar-refractivity contribution in [2.75, 3.05) is 26.2 Å². The number of benzene rings is 1. The Balaban J connectivity index is 1.38. The number of hydrogen-bond acceptors (Lipinski definition) is 4. The highest BCUT2D eigenvalue weighted by atomic mass is 35.5. The molecular weight excluding hydrogens is 416 g/mol. The normalized spacial score (nSPS) is 20.0. The highest BCUT2D eigenvalue weighted by molar-refractivity contribution is 7.20. The lowest BCUT2D eigenvalue weighted by Crippen LogP contribution is -2.40. The molecule has 1 amide bonds. The van der Waals surface area contributed by atoms with Gasteiger partial charge in [0.1, 0.15) is 10.5 Å². The maximum absolute atomic E-state index is 12.7. The standard InChI is InChI=1S/C23H29ClN4OS/c1-15-11-16(2)14-28(13-15)10-4-9-25-22(29)20-12-19-21(26-27(3)23(19)30-20)17-5-7-18(24)8-6-17/h5-8,12,15-16H,4,9-11,13-14H2,1-3H3,(H,25,29)/t15-,16-/m1/s1. The van der Waals surface area contributed by atoms with Gasteiger partial charge in [-0.25, -0.2) is 0 Å². The summed E-state index contributed by atoms with van der Waals surface area (Å²) in [5, 5.41) is 9.44. The Morgan fingerprint density at radius 2 is 1.93 bits per heavy atom. The van der Waals surface area contributed by atoms with E-state index in [4.69, 9.17) is 11.6 Å². The summed E-state index contributed by atoms with van der Waals surface area (Å²) >= 11 is 7.50. The van der Waals surface area contributed by atoms with Crippen LogP contribution in [0.2, 0.25) is 5.02 Å². The minimum atomic E-state index is -0.00126. The molecule has 0 bridgehead atoms. The van der Waals surface area contributed by atoms with Crippen LogP contribution in [0.1, 0.15) is 36.4 Å². The smallest absolute Gasteiger partial charge is 0.261 e. The number of likely N-dealkylation sites (tertiary alicyclic amines) is 1. The summed E-state index contributed by atoms with van der Waals surface area (Å²) < 4.78 is 1.85. The zero-order valence-corrected chi connectivity index (χ0v) is 19.4. The molecule has 2 atom stereocenters. The lowest BCUT2D eigenvalue weighted by Gasteiger charge is -2.34. The molecule has 160 valence electrons. The summed E-state index contributed by atoms with van der Waals surface area (Å²) in [6.45, 7) is 8.77. The second kappa shape index (κ2) is 9.08. The van der Waals surface area contributed by atoms with E-state index in [1.165, 1.54) is 30.8 Å². The number of aromatic nitrogens is 2. The van der Waals surface area contributed by atoms with E-state index in [1.807, 2.05) is 42.1 Å². The zero-order chi connectivity index (χ0) is 21.3. The predicted molar refractivity (Wildman–Crippen MR) is 125 cm³/mol. The van der Waals surface area contributed by atoms with Crippen molar-refractivity contribution in [1.82, 2.24) is 20.0 Å². The van der Waals surface area contributed by atoms with Crippen LogP contribution in [0.3, 0.4) is 0 Å². The molecule has 2 aromatic heterocycles. The Kier molecular flexibility index (Phi) is 6.46. The molecule has 0 saturated carbocycles. The van der Waals surface area contributed by atoms with Crippen LogP contribution in [0.5, 0.6) is 0 Å². The van der Waals surface area contributed by atoms with Crippen molar-refractivity contribution in [2.45, 2.75) is 26.7 Å². The quantitative estimate of drug-likeness (QED) is 0.541. The molecule has 1 aliphatic rings. The Labute approximate surface area is 187 Å². The molecule has 4 rings (SSSR count). The van der Waals surface area contributed by atoms with E-state index in [9.17, 15) is 4.79 Å². The lowest BCUT2D eigenvalue weighted by molar-refractivity contribution is 0.0951. The molecular formula is C23H29ClN4OS. The van der Waals surface area contributed by atoms with Gasteiger partial charge in [0.25, 0.3) is 5.91 Å². The van der Waals surface area contributed by atoms with Crippen LogP contribution in [0.15, 0.2) is 30.3 Å². The molecule has 1 aliphatic heterocycles. The van der Waals surface area contributed by atoms with E-state index in [-0.39, 0.29) is 5.91 Å². The first kappa shape index (κ1) is 21.3. The first-order valence-electron chi connectivity index (χ1n) is 10.6. The summed E-state index contributed by atoms with van der Waals surface area (Å²) in [5.74, 6) is 1.54. The minimum absolute atomic E-state index is 0.00126. The number of carbonyl (C=O) groups excluding carboxylic acids is 1. The number of aryl methyl sites for hydroxylation is 1. The van der Waals surface area contributed by atoms with Crippen molar-refractivity contribution in [3.05, 3.63) is 40.2 Å². The Morgan fingerprint density at radius 1 is 1.23 bits per heavy atom. The molecule has 0 unspecified atom stereocenters. The molecule has 1 saturated heterocycles. The molecule has 1 aromatic carbocycles. The van der Waals surface area contributed by atoms with Crippen LogP contribution in [0.25, 0.3) is 21.5 Å². The van der Waals surface area contributed by atoms with Gasteiger partial charge in [0, 0.05) is 42.7 Å². The monoisotopic (exact) mass is 444 g/mol. The Bertz CT molecular complexity index is 1020. The second-order valence-corrected chi connectivity index (χ2v) is 10.1. The van der Waals surface area contributed by atoms with Gasteiger partial charge < -0.3 is 10.2 Å². The predicted octanol–water partition coefficient (Wildman–Crippen LogP) is 5.05. The molecule has 0 radical (unpaired) electrons. The number of carbonyl (C=O) groups is 1. The molecule has 1 N–H and O–H groups in total. The fourth-order valence-corrected chi connectivity index (χ4v) is 5.65. The van der Waals surface area contributed by atoms with E-state index in [0.717, 1.165) is 51.2 Å². The summed E-state index contributed by atoms with van der Waals surface area (Å²) in [6.07, 6.45) is 2.31. The Hall–Kier alpha value is -1.89. The molecule has 0 aliphatic carbocycles. The van der Waals surface area contributed by atoms with Crippen molar-refractivity contribution >= 4 is 39.1 Å². The average Bonchev–Trinajstić information content (AvgIpc) is 3.26. The van der Waals surface area contributed by atoms with E-state index >= 15 is 0 Å². The minimum Gasteiger partial charge on any atom is -0.351 e. The summed E-state index contributed by atoms with van der Waals surface area (Å²) in [6, 6.07) is 9.61. The highest BCUT2D eigenvalue weighted by Crippen LogP contribution is 2.34. The fourth-order valence-electron chi connectivity index (χ4n) is 4.54. The maximum Gasteiger partial charge on any atom is 0.261 e. The number of nitrogens with zero attached hydrogens (tertiary/aromatic N) is 3. The van der Waals surface area contributed by atoms with Gasteiger partial charge in [-0.3, -0.25) is 9.48 Å². The number of halogens is 1. The SMILES string of the molecule is C[C@@H]1C[C@@H](C)CN(CCCNC(=O)c2cc3c(-c4ccc(Cl)cc4)nn(C)c3s2)C1. The van der Waals surface area contributed by atoms with Gasteiger partial charge in [0.15, 0.2) is 0 Å². The maximum atomic E-state index is 12.7. The molecule has 7 heteroatoms. The van der Waals surface area contributed by atoms with Crippen LogP contribution in [-0.2, 0) is 7.05 Å². The second-order valence-electron chi connectivity index (χ2n) is 8.62. The fraction of sp³-hybridized carbons (Fsp3) is 0.478. The first-order valence-corrected chi connectivity index (χ1v) is 11.8. The molecule has 0 spiro atoms. The van der Waals surface area contributed by atoms with Gasteiger partial charge in [0.2, 0.25) is 0 Å². The van der Waals surface area contributed by atoms with Crippen molar-refractivity contribution < 1.29 is 4.79 Å². The van der Waals surface area contributed by atoms with Crippen LogP contribution in [0.4, 0.5) is 0 Å². The number of amides is 1. The van der Waals surface area contributed by atoms with E-state index in [2.05, 4.69) is 29.2 Å². The number of fused-ring (bicyclic) bond motifs is 1. The van der Waals surface area contributed by atoms with Gasteiger partial charge in [-0.2, -0.15) is 5.10 Å². The number of rotatable bonds is 6. The van der Waals surface area contributed by atoms with Crippen molar-refractivity contribution in [3.63, 3.8) is 0 Å². The third-order valence-corrected chi connectivity index (χ3v) is 7.19. The van der Waals surface area contributed by atoms with Gasteiger partial charge in [-0.1, -0.05) is 37.6 Å². The third-order valence-electron chi connectivity index (χ3n) is 5.73. The molecule has 30 heavy (non-hydrogen) atoms. The molecule has 3 aromatic rings. The largest absolute Gasteiger partial charge is 0.351 e. The van der Waals surface area contributed by atoms with Crippen molar-refractivity contribution in [1.29, 1.82) is 0 Å².